The maximum atomic E-state index is 13.0. The van der Waals surface area contributed by atoms with E-state index < -0.39 is 0 Å². The fourth-order valence-corrected chi connectivity index (χ4v) is 5.43. The summed E-state index contributed by atoms with van der Waals surface area (Å²) in [6, 6.07) is 12.6. The van der Waals surface area contributed by atoms with Gasteiger partial charge in [0.25, 0.3) is 0 Å². The molecule has 0 bridgehead atoms. The maximum absolute atomic E-state index is 13.0. The van der Waals surface area contributed by atoms with Crippen molar-refractivity contribution in [3.05, 3.63) is 52.5 Å². The van der Waals surface area contributed by atoms with Crippen molar-refractivity contribution >= 4 is 28.3 Å². The number of fused-ring (bicyclic) bond motifs is 1. The normalized spacial score (nSPS) is 23.1. The van der Waals surface area contributed by atoms with Crippen LogP contribution in [-0.2, 0) is 11.3 Å². The average Bonchev–Trinajstić information content (AvgIpc) is 3.49. The lowest BCUT2D eigenvalue weighted by Gasteiger charge is -2.33. The number of piperidine rings is 1. The molecular formula is C22H27N5OS. The number of amides is 1. The molecule has 4 heterocycles. The summed E-state index contributed by atoms with van der Waals surface area (Å²) in [6.07, 6.45) is 2.91. The third kappa shape index (κ3) is 3.70. The molecule has 0 aliphatic carbocycles. The van der Waals surface area contributed by atoms with E-state index in [0.717, 1.165) is 50.2 Å². The van der Waals surface area contributed by atoms with Gasteiger partial charge in [-0.2, -0.15) is 0 Å². The van der Waals surface area contributed by atoms with Crippen molar-refractivity contribution < 1.29 is 4.79 Å². The van der Waals surface area contributed by atoms with Crippen LogP contribution in [-0.4, -0.2) is 39.5 Å². The van der Waals surface area contributed by atoms with E-state index in [2.05, 4.69) is 63.0 Å². The largest absolute Gasteiger partial charge is 0.341 e. The van der Waals surface area contributed by atoms with Gasteiger partial charge < -0.3 is 9.47 Å². The first-order chi connectivity index (χ1) is 14.2. The van der Waals surface area contributed by atoms with Gasteiger partial charge in [-0.15, -0.1) is 11.3 Å². The Balaban J connectivity index is 1.17. The van der Waals surface area contributed by atoms with Crippen LogP contribution >= 0.6 is 11.3 Å². The van der Waals surface area contributed by atoms with E-state index in [9.17, 15) is 4.79 Å². The van der Waals surface area contributed by atoms with Crippen LogP contribution in [0.1, 0.15) is 36.0 Å². The van der Waals surface area contributed by atoms with Gasteiger partial charge >= 0.3 is 0 Å². The Bertz CT molecular complexity index is 990. The molecule has 2 atom stereocenters. The van der Waals surface area contributed by atoms with Gasteiger partial charge in [-0.25, -0.2) is 15.8 Å². The van der Waals surface area contributed by atoms with Gasteiger partial charge in [0, 0.05) is 24.5 Å². The van der Waals surface area contributed by atoms with E-state index in [-0.39, 0.29) is 18.0 Å². The minimum atomic E-state index is -0.126. The number of nitrogens with zero attached hydrogens (tertiary/aromatic N) is 3. The third-order valence-corrected chi connectivity index (χ3v) is 7.29. The fourth-order valence-electron chi connectivity index (χ4n) is 4.64. The summed E-state index contributed by atoms with van der Waals surface area (Å²) in [4.78, 5) is 21.0. The van der Waals surface area contributed by atoms with E-state index in [1.807, 2.05) is 11.0 Å². The molecule has 1 aromatic carbocycles. The zero-order valence-electron chi connectivity index (χ0n) is 16.7. The molecule has 0 radical (unpaired) electrons. The first-order valence-corrected chi connectivity index (χ1v) is 11.3. The van der Waals surface area contributed by atoms with Crippen molar-refractivity contribution in [2.24, 2.45) is 5.92 Å². The van der Waals surface area contributed by atoms with E-state index >= 15 is 0 Å². The molecule has 6 nitrogen and oxygen atoms in total. The van der Waals surface area contributed by atoms with Gasteiger partial charge in [-0.05, 0) is 55.7 Å². The number of hydrogen-bond acceptors (Lipinski definition) is 5. The number of aromatic nitrogens is 2. The fraction of sp³-hybridized carbons (Fsp3) is 0.455. The number of hydrazine groups is 1. The predicted octanol–water partition coefficient (Wildman–Crippen LogP) is 3.25. The molecular weight excluding hydrogens is 382 g/mol. The quantitative estimate of drug-likeness (QED) is 0.694. The molecule has 2 unspecified atom stereocenters. The Hall–Kier alpha value is -2.22. The number of rotatable bonds is 4. The summed E-state index contributed by atoms with van der Waals surface area (Å²) in [5.74, 6) is 1.90. The molecule has 0 spiro atoms. The molecule has 2 fully saturated rings. The summed E-state index contributed by atoms with van der Waals surface area (Å²) >= 11 is 1.74. The van der Waals surface area contributed by atoms with Gasteiger partial charge in [0.05, 0.1) is 17.1 Å². The minimum Gasteiger partial charge on any atom is -0.341 e. The third-order valence-electron chi connectivity index (χ3n) is 6.30. The van der Waals surface area contributed by atoms with Crippen LogP contribution in [0, 0.1) is 12.8 Å². The summed E-state index contributed by atoms with van der Waals surface area (Å²) in [7, 11) is 0. The van der Waals surface area contributed by atoms with Crippen molar-refractivity contribution in [3.63, 3.8) is 0 Å². The molecule has 0 saturated carbocycles. The second kappa shape index (κ2) is 7.89. The number of likely N-dealkylation sites (tertiary alicyclic amines) is 1. The summed E-state index contributed by atoms with van der Waals surface area (Å²) in [6.45, 7) is 4.76. The number of carbonyl (C=O) groups is 1. The highest BCUT2D eigenvalue weighted by molar-refractivity contribution is 7.10. The minimum absolute atomic E-state index is 0.126. The van der Waals surface area contributed by atoms with Crippen LogP contribution in [0.15, 0.2) is 41.8 Å². The number of nitrogens with one attached hydrogen (secondary N) is 2. The Morgan fingerprint density at radius 2 is 2.00 bits per heavy atom. The Morgan fingerprint density at radius 1 is 1.17 bits per heavy atom. The van der Waals surface area contributed by atoms with Gasteiger partial charge in [-0.3, -0.25) is 4.79 Å². The molecule has 2 saturated heterocycles. The molecule has 7 heteroatoms. The van der Waals surface area contributed by atoms with E-state index in [0.29, 0.717) is 5.92 Å². The van der Waals surface area contributed by atoms with Gasteiger partial charge in [0.15, 0.2) is 0 Å². The monoisotopic (exact) mass is 409 g/mol. The number of aryl methyl sites for hydroxylation is 1. The summed E-state index contributed by atoms with van der Waals surface area (Å²) in [5.41, 5.74) is 8.79. The van der Waals surface area contributed by atoms with Gasteiger partial charge in [-0.1, -0.05) is 18.2 Å². The lowest BCUT2D eigenvalue weighted by Crippen LogP contribution is -2.48. The van der Waals surface area contributed by atoms with Crippen LogP contribution in [0.4, 0.5) is 0 Å². The number of imidazole rings is 1. The number of hydrogen-bond donors (Lipinski definition) is 2. The van der Waals surface area contributed by atoms with Gasteiger partial charge in [0.1, 0.15) is 11.9 Å². The SMILES string of the molecule is Cc1nc2ccccc2n1CC1CCN(C(=O)C2CC(c3cccs3)NN2)CC1. The molecule has 152 valence electrons. The van der Waals surface area contributed by atoms with E-state index in [1.54, 1.807) is 11.3 Å². The standard InChI is InChI=1S/C22H27N5OS/c1-15-23-17-5-2-3-6-20(17)27(15)14-16-8-10-26(11-9-16)22(28)19-13-18(24-25-19)21-7-4-12-29-21/h2-7,12,16,18-19,24-25H,8-11,13-14H2,1H3. The van der Waals surface area contributed by atoms with Crippen molar-refractivity contribution in [1.29, 1.82) is 0 Å². The Labute approximate surface area is 174 Å². The molecule has 29 heavy (non-hydrogen) atoms. The van der Waals surface area contributed by atoms with Crippen LogP contribution < -0.4 is 10.9 Å². The highest BCUT2D eigenvalue weighted by Crippen LogP contribution is 2.28. The van der Waals surface area contributed by atoms with Crippen molar-refractivity contribution in [3.8, 4) is 0 Å². The van der Waals surface area contributed by atoms with E-state index in [1.165, 1.54) is 10.4 Å². The molecule has 2 aliphatic heterocycles. The average molecular weight is 410 g/mol. The molecule has 2 aromatic heterocycles. The lowest BCUT2D eigenvalue weighted by molar-refractivity contribution is -0.134. The molecule has 3 aromatic rings. The number of thiophene rings is 1. The first-order valence-electron chi connectivity index (χ1n) is 10.4. The summed E-state index contributed by atoms with van der Waals surface area (Å²) in [5, 5.41) is 2.09. The van der Waals surface area contributed by atoms with Crippen LogP contribution in [0.25, 0.3) is 11.0 Å². The number of para-hydroxylation sites is 2. The van der Waals surface area contributed by atoms with Crippen LogP contribution in [0.5, 0.6) is 0 Å². The second-order valence-electron chi connectivity index (χ2n) is 8.17. The molecule has 2 aliphatic rings. The number of benzene rings is 1. The van der Waals surface area contributed by atoms with Crippen molar-refractivity contribution in [2.45, 2.75) is 44.8 Å². The zero-order chi connectivity index (χ0) is 19.8. The Kier molecular flexibility index (Phi) is 5.11. The smallest absolute Gasteiger partial charge is 0.241 e. The highest BCUT2D eigenvalue weighted by Gasteiger charge is 2.34. The molecule has 1 amide bonds. The molecule has 5 rings (SSSR count). The molecule has 2 N–H and O–H groups in total. The van der Waals surface area contributed by atoms with Crippen LogP contribution in [0.3, 0.4) is 0 Å². The topological polar surface area (TPSA) is 62.2 Å². The van der Waals surface area contributed by atoms with Gasteiger partial charge in [0.2, 0.25) is 5.91 Å². The predicted molar refractivity (Wildman–Crippen MR) is 116 cm³/mol. The Morgan fingerprint density at radius 3 is 2.79 bits per heavy atom. The van der Waals surface area contributed by atoms with Crippen LogP contribution in [0.2, 0.25) is 0 Å². The lowest BCUT2D eigenvalue weighted by atomic mass is 9.95. The number of carbonyl (C=O) groups excluding carboxylic acids is 1. The summed E-state index contributed by atoms with van der Waals surface area (Å²) < 4.78 is 2.34. The zero-order valence-corrected chi connectivity index (χ0v) is 17.5. The maximum Gasteiger partial charge on any atom is 0.241 e. The van der Waals surface area contributed by atoms with Crippen molar-refractivity contribution in [1.82, 2.24) is 25.3 Å². The second-order valence-corrected chi connectivity index (χ2v) is 9.15. The van der Waals surface area contributed by atoms with E-state index in [4.69, 9.17) is 0 Å². The highest BCUT2D eigenvalue weighted by atomic mass is 32.1. The van der Waals surface area contributed by atoms with Crippen molar-refractivity contribution in [2.75, 3.05) is 13.1 Å². The first kappa shape index (κ1) is 18.8.